The molecule has 2 aliphatic rings. The third-order valence-electron chi connectivity index (χ3n) is 7.23. The quantitative estimate of drug-likeness (QED) is 0.117. The van der Waals surface area contributed by atoms with Crippen LogP contribution in [0.4, 0.5) is 8.78 Å². The van der Waals surface area contributed by atoms with E-state index in [4.69, 9.17) is 0 Å². The number of rotatable bonds is 7. The van der Waals surface area contributed by atoms with Crippen molar-refractivity contribution in [2.24, 2.45) is 0 Å². The number of hydrogen-bond donors (Lipinski definition) is 0. The van der Waals surface area contributed by atoms with Crippen LogP contribution < -0.4 is 0 Å². The van der Waals surface area contributed by atoms with Crippen LogP contribution in [0.5, 0.6) is 0 Å². The van der Waals surface area contributed by atoms with Crippen molar-refractivity contribution in [2.75, 3.05) is 0 Å². The fourth-order valence-electron chi connectivity index (χ4n) is 5.03. The van der Waals surface area contributed by atoms with E-state index < -0.39 is 2.40 Å². The molecular formula is C37H61Br4F2OPZn. The molecule has 2 aromatic rings. The van der Waals surface area contributed by atoms with Crippen LogP contribution >= 0.6 is 71.6 Å². The molecule has 0 N–H and O–H groups in total. The molecule has 1 nitrogen and oxygen atoms in total. The number of halogens is 6. The molecule has 0 unspecified atom stereocenters. The molecule has 2 fully saturated rings. The first-order valence-electron chi connectivity index (χ1n) is 14.0. The average molecular weight is 976 g/mol. The third kappa shape index (κ3) is 21.7. The van der Waals surface area contributed by atoms with Gasteiger partial charge in [0.2, 0.25) is 0 Å². The summed E-state index contributed by atoms with van der Waals surface area (Å²) in [5.41, 5.74) is 7.46. The van der Waals surface area contributed by atoms with Gasteiger partial charge in [-0.25, -0.2) is 4.39 Å². The Labute approximate surface area is 330 Å². The molecule has 2 aliphatic carbocycles. The Morgan fingerprint density at radius 3 is 1.15 bits per heavy atom. The summed E-state index contributed by atoms with van der Waals surface area (Å²) in [6.07, 6.45) is 6.93. The Kier molecular flexibility index (Phi) is 31.2. The predicted octanol–water partition coefficient (Wildman–Crippen LogP) is 15.4. The Balaban J connectivity index is -0.000000164. The molecule has 0 bridgehead atoms. The van der Waals surface area contributed by atoms with Gasteiger partial charge < -0.3 is 4.79 Å². The number of aldehydes is 1. The van der Waals surface area contributed by atoms with E-state index >= 15 is 0 Å². The van der Waals surface area contributed by atoms with Crippen LogP contribution in [0.15, 0.2) is 59.3 Å². The van der Waals surface area contributed by atoms with E-state index in [0.29, 0.717) is 0 Å². The second-order valence-corrected chi connectivity index (χ2v) is 23.0. The first-order valence-corrected chi connectivity index (χ1v) is 18.8. The van der Waals surface area contributed by atoms with Gasteiger partial charge in [-0.05, 0) is 137 Å². The van der Waals surface area contributed by atoms with Gasteiger partial charge in [-0.2, -0.15) is 4.39 Å². The van der Waals surface area contributed by atoms with Crippen LogP contribution in [0.25, 0.3) is 0 Å². The molecule has 0 amide bonds. The molecule has 0 atom stereocenters. The second kappa shape index (κ2) is 25.6. The Morgan fingerprint density at radius 1 is 0.717 bits per heavy atom. The number of carbonyl (C=O) groups is 1. The Bertz CT molecular complexity index is 1060. The van der Waals surface area contributed by atoms with Crippen LogP contribution in [-0.4, -0.2) is 25.7 Å². The molecule has 2 aromatic carbocycles. The van der Waals surface area contributed by atoms with E-state index in [-0.39, 0.29) is 72.7 Å². The molecule has 0 saturated heterocycles. The smallest absolute Gasteiger partial charge is 0.272 e. The number of carbonyl (C=O) groups excluding carboxylic acids is 1. The summed E-state index contributed by atoms with van der Waals surface area (Å²) >= 11 is 10.5. The van der Waals surface area contributed by atoms with Gasteiger partial charge in [-0.3, -0.25) is 0 Å². The minimum atomic E-state index is -1.56. The molecule has 2 saturated carbocycles. The van der Waals surface area contributed by atoms with Crippen LogP contribution in [0.3, 0.4) is 0 Å². The molecule has 4 rings (SSSR count). The zero-order valence-corrected chi connectivity index (χ0v) is 36.4. The van der Waals surface area contributed by atoms with Crippen molar-refractivity contribution in [1.82, 2.24) is 0 Å². The fourth-order valence-corrected chi connectivity index (χ4v) is 9.04. The van der Waals surface area contributed by atoms with Gasteiger partial charge in [-0.1, -0.05) is 139 Å². The maximum absolute atomic E-state index is 12.8. The minimum absolute atomic E-state index is 0. The molecular weight excluding hydrogens is 914 g/mol. The van der Waals surface area contributed by atoms with E-state index in [1.165, 1.54) is 22.3 Å². The van der Waals surface area contributed by atoms with Crippen molar-refractivity contribution >= 4 is 77.9 Å². The predicted molar refractivity (Wildman–Crippen MR) is 218 cm³/mol. The molecule has 0 spiro atoms. The van der Waals surface area contributed by atoms with Gasteiger partial charge in [0.15, 0.2) is 4.74 Å². The van der Waals surface area contributed by atoms with Crippen molar-refractivity contribution in [3.8, 4) is 0 Å². The molecule has 46 heavy (non-hydrogen) atoms. The van der Waals surface area contributed by atoms with Gasteiger partial charge in [-0.15, -0.1) is 0 Å². The summed E-state index contributed by atoms with van der Waals surface area (Å²) in [5.74, 6) is 0. The molecule has 0 aromatic heterocycles. The number of allylic oxidation sites excluding steroid dienone is 1. The van der Waals surface area contributed by atoms with Crippen LogP contribution in [0.2, 0.25) is 0 Å². The van der Waals surface area contributed by atoms with Gasteiger partial charge in [0.1, 0.15) is 6.29 Å². The van der Waals surface area contributed by atoms with Crippen molar-refractivity contribution in [1.29, 1.82) is 0 Å². The summed E-state index contributed by atoms with van der Waals surface area (Å²) in [6.45, 7) is 18.2. The van der Waals surface area contributed by atoms with Gasteiger partial charge in [0.25, 0.3) is 2.40 Å². The monoisotopic (exact) mass is 970 g/mol. The maximum Gasteiger partial charge on any atom is 0.272 e. The summed E-state index contributed by atoms with van der Waals surface area (Å²) in [5, 5.41) is 0. The zero-order chi connectivity index (χ0) is 31.6. The van der Waals surface area contributed by atoms with Gasteiger partial charge >= 0.3 is 0 Å². The van der Waals surface area contributed by atoms with Crippen molar-refractivity contribution in [3.05, 3.63) is 81.6 Å². The first kappa shape index (κ1) is 56.1. The zero-order valence-electron chi connectivity index (χ0n) is 26.2. The third-order valence-corrected chi connectivity index (χ3v) is 11.0. The Morgan fingerprint density at radius 2 is 0.978 bits per heavy atom. The SMILES string of the molecule is C.C.C.C.CC(C)P(C(C)C)C(C)C.Cc1ccc(C2(C=C(F)Br)CC2)cc1.Cc1ccc(C2(C=O)CC2)cc1.FC(Br)(Br)Br.[Zn]. The normalized spacial score (nSPS) is 14.9. The number of benzene rings is 2. The molecule has 0 aliphatic heterocycles. The van der Waals surface area contributed by atoms with Gasteiger partial charge in [0, 0.05) is 24.9 Å². The average Bonchev–Trinajstić information content (AvgIpc) is 3.75. The molecule has 0 radical (unpaired) electrons. The maximum atomic E-state index is 12.8. The number of aryl methyl sites for hydroxylation is 2. The van der Waals surface area contributed by atoms with Crippen molar-refractivity contribution in [3.63, 3.8) is 0 Å². The van der Waals surface area contributed by atoms with Crippen LogP contribution in [0, 0.1) is 13.8 Å². The van der Waals surface area contributed by atoms with E-state index in [1.807, 2.05) is 0 Å². The summed E-state index contributed by atoms with van der Waals surface area (Å²) in [6, 6.07) is 16.6. The fraction of sp³-hybridized carbons (Fsp3) is 0.595. The summed E-state index contributed by atoms with van der Waals surface area (Å²) in [7, 11) is 0.262. The van der Waals surface area contributed by atoms with Crippen LogP contribution in [-0.2, 0) is 35.1 Å². The molecule has 0 heterocycles. The topological polar surface area (TPSA) is 17.1 Å². The largest absolute Gasteiger partial charge is 0.302 e. The van der Waals surface area contributed by atoms with Crippen LogP contribution in [0.1, 0.15) is 119 Å². The van der Waals surface area contributed by atoms with Gasteiger partial charge in [0.05, 0.1) is 5.41 Å². The second-order valence-electron chi connectivity index (χ2n) is 11.8. The number of hydrogen-bond acceptors (Lipinski definition) is 1. The molecule has 264 valence electrons. The van der Waals surface area contributed by atoms with E-state index in [1.54, 1.807) is 6.08 Å². The summed E-state index contributed by atoms with van der Waals surface area (Å²) < 4.78 is 22.4. The first-order chi connectivity index (χ1) is 18.9. The van der Waals surface area contributed by atoms with E-state index in [9.17, 15) is 13.6 Å². The summed E-state index contributed by atoms with van der Waals surface area (Å²) in [4.78, 5) is 10.8. The molecule has 9 heteroatoms. The van der Waals surface area contributed by atoms with E-state index in [2.05, 4.69) is 168 Å². The van der Waals surface area contributed by atoms with Crippen molar-refractivity contribution < 1.29 is 33.1 Å². The standard InChI is InChI=1S/C12H12BrF.C11H12O.C9H21P.CBr3F.4CH4.Zn/c1-9-2-4-10(5-3-9)12(6-7-12)8-11(13)14;1-9-2-4-10(5-3-9)11(8-12)6-7-11;1-7(2)10(8(3)4)9(5)6;2-1(3,4)5;;;;;/h2-5,8H,6-7H2,1H3;2-5,8H,6-7H2,1H3;7-9H,1-6H3;;4*1H4;. The van der Waals surface area contributed by atoms with Crippen molar-refractivity contribution in [2.45, 2.75) is 141 Å². The van der Waals surface area contributed by atoms with E-state index in [0.717, 1.165) is 48.9 Å². The number of alkyl halides is 4. The Hall–Kier alpha value is 0.683. The minimum Gasteiger partial charge on any atom is -0.302 e.